The molecule has 0 aromatic heterocycles. The van der Waals surface area contributed by atoms with Gasteiger partial charge in [0.05, 0.1) is 33.3 Å². The minimum absolute atomic E-state index is 0.0249. The Kier molecular flexibility index (Phi) is 6.90. The molecule has 1 aliphatic heterocycles. The first-order valence-corrected chi connectivity index (χ1v) is 9.70. The van der Waals surface area contributed by atoms with Gasteiger partial charge in [0.2, 0.25) is 0 Å². The second-order valence-electron chi connectivity index (χ2n) is 7.16. The van der Waals surface area contributed by atoms with Crippen LogP contribution >= 0.6 is 0 Å². The first-order chi connectivity index (χ1) is 13.6. The van der Waals surface area contributed by atoms with Crippen LogP contribution < -0.4 is 19.3 Å². The average Bonchev–Trinajstić information content (AvgIpc) is 2.73. The van der Waals surface area contributed by atoms with E-state index in [2.05, 4.69) is 29.2 Å². The van der Waals surface area contributed by atoms with Gasteiger partial charge in [-0.2, -0.15) is 0 Å². The maximum Gasteiger partial charge on any atom is 0.161 e. The lowest BCUT2D eigenvalue weighted by Crippen LogP contribution is -3.16. The monoisotopic (exact) mass is 385 g/mol. The fraction of sp³-hybridized carbons (Fsp3) is 0.409. The predicted molar refractivity (Wildman–Crippen MR) is 109 cm³/mol. The number of methoxy groups -OCH3 is 1. The number of piperazine rings is 1. The van der Waals surface area contributed by atoms with Crippen molar-refractivity contribution in [1.82, 2.24) is 0 Å². The highest BCUT2D eigenvalue weighted by Crippen LogP contribution is 2.28. The van der Waals surface area contributed by atoms with Crippen molar-refractivity contribution in [1.29, 1.82) is 0 Å². The minimum atomic E-state index is -0.560. The van der Waals surface area contributed by atoms with Gasteiger partial charge in [-0.25, -0.2) is 0 Å². The van der Waals surface area contributed by atoms with Crippen molar-refractivity contribution >= 4 is 11.5 Å². The lowest BCUT2D eigenvalue weighted by Gasteiger charge is -2.34. The molecule has 0 saturated carbocycles. The molecular weight excluding hydrogens is 356 g/mol. The molecule has 0 bridgehead atoms. The molecule has 28 heavy (non-hydrogen) atoms. The fourth-order valence-electron chi connectivity index (χ4n) is 3.51. The zero-order valence-electron chi connectivity index (χ0n) is 16.6. The molecule has 1 saturated heterocycles. The summed E-state index contributed by atoms with van der Waals surface area (Å²) in [5, 5.41) is 10.4. The molecule has 6 heteroatoms. The van der Waals surface area contributed by atoms with Crippen LogP contribution in [0.3, 0.4) is 0 Å². The van der Waals surface area contributed by atoms with E-state index in [1.165, 1.54) is 17.5 Å². The molecule has 3 rings (SSSR count). The quantitative estimate of drug-likeness (QED) is 0.665. The van der Waals surface area contributed by atoms with Gasteiger partial charge in [0.25, 0.3) is 0 Å². The van der Waals surface area contributed by atoms with Crippen LogP contribution in [0, 0.1) is 0 Å². The van der Waals surface area contributed by atoms with Gasteiger partial charge in [0.1, 0.15) is 19.3 Å². The number of anilines is 1. The maximum absolute atomic E-state index is 11.5. The number of ether oxygens (including phenoxy) is 2. The third-order valence-corrected chi connectivity index (χ3v) is 5.12. The van der Waals surface area contributed by atoms with Crippen molar-refractivity contribution in [2.24, 2.45) is 0 Å². The number of ketones is 1. The van der Waals surface area contributed by atoms with E-state index in [9.17, 15) is 9.90 Å². The third kappa shape index (κ3) is 5.24. The Bertz CT molecular complexity index is 773. The first-order valence-electron chi connectivity index (χ1n) is 9.70. The highest BCUT2D eigenvalue weighted by Gasteiger charge is 2.23. The second-order valence-corrected chi connectivity index (χ2v) is 7.16. The number of aliphatic hydroxyl groups is 1. The Labute approximate surface area is 166 Å². The molecule has 150 valence electrons. The van der Waals surface area contributed by atoms with Crippen molar-refractivity contribution in [3.8, 4) is 11.5 Å². The number of carbonyl (C=O) groups excluding carboxylic acids is 1. The summed E-state index contributed by atoms with van der Waals surface area (Å²) in [6.45, 7) is 6.29. The Hall–Kier alpha value is -2.57. The number of hydrogen-bond acceptors (Lipinski definition) is 5. The Morgan fingerprint density at radius 1 is 1.14 bits per heavy atom. The van der Waals surface area contributed by atoms with Gasteiger partial charge >= 0.3 is 0 Å². The summed E-state index contributed by atoms with van der Waals surface area (Å²) in [7, 11) is 1.54. The number of aliphatic hydroxyl groups excluding tert-OH is 1. The number of rotatable bonds is 8. The summed E-state index contributed by atoms with van der Waals surface area (Å²) in [4.78, 5) is 15.2. The summed E-state index contributed by atoms with van der Waals surface area (Å²) in [6.07, 6.45) is -0.560. The fourth-order valence-corrected chi connectivity index (χ4v) is 3.51. The molecule has 0 radical (unpaired) electrons. The topological polar surface area (TPSA) is 63.4 Å². The van der Waals surface area contributed by atoms with E-state index in [1.54, 1.807) is 25.3 Å². The van der Waals surface area contributed by atoms with Crippen molar-refractivity contribution in [3.63, 3.8) is 0 Å². The van der Waals surface area contributed by atoms with E-state index in [4.69, 9.17) is 9.47 Å². The van der Waals surface area contributed by atoms with Crippen LogP contribution in [0.2, 0.25) is 0 Å². The van der Waals surface area contributed by atoms with Crippen molar-refractivity contribution < 1.29 is 24.3 Å². The largest absolute Gasteiger partial charge is 0.493 e. The molecule has 2 aromatic rings. The first kappa shape index (κ1) is 20.2. The number of benzene rings is 2. The van der Waals surface area contributed by atoms with Crippen molar-refractivity contribution in [3.05, 3.63) is 54.1 Å². The molecule has 0 unspecified atom stereocenters. The lowest BCUT2D eigenvalue weighted by atomic mass is 10.1. The molecule has 1 atom stereocenters. The van der Waals surface area contributed by atoms with E-state index < -0.39 is 6.10 Å². The Balaban J connectivity index is 1.46. The lowest BCUT2D eigenvalue weighted by molar-refractivity contribution is -0.903. The van der Waals surface area contributed by atoms with E-state index in [0.717, 1.165) is 26.2 Å². The average molecular weight is 385 g/mol. The number of Topliss-reactive ketones (excluding diaryl/α,β-unsaturated/α-hetero) is 1. The molecule has 1 aliphatic rings. The molecular formula is C22H29N2O4+. The summed E-state index contributed by atoms with van der Waals surface area (Å²) in [5.41, 5.74) is 1.83. The third-order valence-electron chi connectivity index (χ3n) is 5.12. The standard InChI is InChI=1S/C22H28N2O4/c1-17(25)18-8-9-21(22(14-18)27-2)28-16-20(26)15-23-10-12-24(13-11-23)19-6-4-3-5-7-19/h3-9,14,20,26H,10-13,15-16H2,1-2H3/p+1/t20-/m1/s1. The van der Waals surface area contributed by atoms with Crippen LogP contribution in [-0.2, 0) is 0 Å². The molecule has 0 amide bonds. The van der Waals surface area contributed by atoms with Gasteiger partial charge in [0.15, 0.2) is 17.3 Å². The van der Waals surface area contributed by atoms with E-state index in [1.807, 2.05) is 6.07 Å². The number of nitrogens with one attached hydrogen (secondary N) is 1. The molecule has 6 nitrogen and oxygen atoms in total. The SMILES string of the molecule is COc1cc(C(C)=O)ccc1OC[C@H](O)C[NH+]1CCN(c2ccccc2)CC1. The molecule has 0 aliphatic carbocycles. The van der Waals surface area contributed by atoms with Crippen LogP contribution in [0.4, 0.5) is 5.69 Å². The van der Waals surface area contributed by atoms with Crippen molar-refractivity contribution in [2.75, 3.05) is 51.3 Å². The molecule has 2 N–H and O–H groups in total. The van der Waals surface area contributed by atoms with Gasteiger partial charge in [-0.05, 0) is 37.3 Å². The van der Waals surface area contributed by atoms with Gasteiger partial charge < -0.3 is 24.4 Å². The number of para-hydroxylation sites is 1. The molecule has 2 aromatic carbocycles. The minimum Gasteiger partial charge on any atom is -0.493 e. The van der Waals surface area contributed by atoms with Gasteiger partial charge in [-0.15, -0.1) is 0 Å². The number of carbonyl (C=O) groups is 1. The highest BCUT2D eigenvalue weighted by molar-refractivity contribution is 5.94. The van der Waals surface area contributed by atoms with Crippen LogP contribution in [0.1, 0.15) is 17.3 Å². The molecule has 1 heterocycles. The van der Waals surface area contributed by atoms with Gasteiger partial charge in [-0.3, -0.25) is 4.79 Å². The maximum atomic E-state index is 11.5. The van der Waals surface area contributed by atoms with Gasteiger partial charge in [0, 0.05) is 11.3 Å². The highest BCUT2D eigenvalue weighted by atomic mass is 16.5. The Morgan fingerprint density at radius 2 is 1.86 bits per heavy atom. The van der Waals surface area contributed by atoms with Crippen molar-refractivity contribution in [2.45, 2.75) is 13.0 Å². The zero-order valence-corrected chi connectivity index (χ0v) is 16.6. The predicted octanol–water partition coefficient (Wildman–Crippen LogP) is 1.04. The van der Waals surface area contributed by atoms with E-state index >= 15 is 0 Å². The van der Waals surface area contributed by atoms with Crippen LogP contribution in [-0.4, -0.2) is 63.4 Å². The number of hydrogen-bond donors (Lipinski definition) is 2. The normalized spacial score (nSPS) is 15.9. The van der Waals surface area contributed by atoms with E-state index in [-0.39, 0.29) is 12.4 Å². The second kappa shape index (κ2) is 9.57. The van der Waals surface area contributed by atoms with Gasteiger partial charge in [-0.1, -0.05) is 18.2 Å². The zero-order chi connectivity index (χ0) is 19.9. The van der Waals surface area contributed by atoms with Crippen LogP contribution in [0.25, 0.3) is 0 Å². The summed E-state index contributed by atoms with van der Waals surface area (Å²) in [6, 6.07) is 15.5. The molecule has 0 spiro atoms. The molecule has 1 fully saturated rings. The van der Waals surface area contributed by atoms with E-state index in [0.29, 0.717) is 23.6 Å². The Morgan fingerprint density at radius 3 is 2.50 bits per heavy atom. The van der Waals surface area contributed by atoms with Crippen LogP contribution in [0.5, 0.6) is 11.5 Å². The number of quaternary nitrogens is 1. The summed E-state index contributed by atoms with van der Waals surface area (Å²) in [5.74, 6) is 1.02. The number of nitrogens with zero attached hydrogens (tertiary/aromatic N) is 1. The summed E-state index contributed by atoms with van der Waals surface area (Å²) < 4.78 is 11.0. The van der Waals surface area contributed by atoms with Crippen LogP contribution in [0.15, 0.2) is 48.5 Å². The summed E-state index contributed by atoms with van der Waals surface area (Å²) >= 11 is 0. The smallest absolute Gasteiger partial charge is 0.161 e.